The molecule has 1 heterocycles. The molecule has 0 saturated heterocycles. The van der Waals surface area contributed by atoms with E-state index in [1.54, 1.807) is 12.3 Å². The van der Waals surface area contributed by atoms with E-state index < -0.39 is 6.10 Å². The first-order chi connectivity index (χ1) is 8.25. The van der Waals surface area contributed by atoms with Crippen LogP contribution in [0.1, 0.15) is 11.7 Å². The molecular weight excluding hydrogens is 254 g/mol. The maximum absolute atomic E-state index is 9.96. The zero-order valence-electron chi connectivity index (χ0n) is 9.08. The molecule has 0 aliphatic carbocycles. The lowest BCUT2D eigenvalue weighted by atomic mass is 10.1. The van der Waals surface area contributed by atoms with Crippen LogP contribution >= 0.6 is 23.4 Å². The van der Waals surface area contributed by atoms with Gasteiger partial charge in [0.2, 0.25) is 0 Å². The van der Waals surface area contributed by atoms with Gasteiger partial charge in [0.25, 0.3) is 0 Å². The molecule has 1 aromatic heterocycles. The zero-order chi connectivity index (χ0) is 12.1. The summed E-state index contributed by atoms with van der Waals surface area (Å²) in [7, 11) is 0. The van der Waals surface area contributed by atoms with E-state index in [9.17, 15) is 5.11 Å². The third-order valence-corrected chi connectivity index (χ3v) is 3.52. The van der Waals surface area contributed by atoms with Crippen molar-refractivity contribution in [2.75, 3.05) is 5.75 Å². The Kier molecular flexibility index (Phi) is 4.42. The molecule has 0 aliphatic heterocycles. The van der Waals surface area contributed by atoms with Gasteiger partial charge in [0, 0.05) is 11.9 Å². The number of aliphatic hydroxyl groups excluding tert-OH is 1. The predicted molar refractivity (Wildman–Crippen MR) is 71.4 cm³/mol. The quantitative estimate of drug-likeness (QED) is 0.858. The highest BCUT2D eigenvalue weighted by atomic mass is 35.5. The summed E-state index contributed by atoms with van der Waals surface area (Å²) in [5, 5.41) is 11.5. The SMILES string of the molecule is OC(CSc1ccc(Cl)cn1)c1ccccc1. The van der Waals surface area contributed by atoms with Crippen molar-refractivity contribution in [3.8, 4) is 0 Å². The summed E-state index contributed by atoms with van der Waals surface area (Å²) < 4.78 is 0. The second kappa shape index (κ2) is 6.05. The van der Waals surface area contributed by atoms with Gasteiger partial charge in [-0.15, -0.1) is 11.8 Å². The van der Waals surface area contributed by atoms with Crippen molar-refractivity contribution in [3.05, 3.63) is 59.2 Å². The van der Waals surface area contributed by atoms with Gasteiger partial charge in [0.15, 0.2) is 0 Å². The number of nitrogens with zero attached hydrogens (tertiary/aromatic N) is 1. The van der Waals surface area contributed by atoms with E-state index in [0.717, 1.165) is 10.6 Å². The summed E-state index contributed by atoms with van der Waals surface area (Å²) in [6.45, 7) is 0. The maximum atomic E-state index is 9.96. The Morgan fingerprint density at radius 3 is 2.59 bits per heavy atom. The van der Waals surface area contributed by atoms with Gasteiger partial charge in [0.05, 0.1) is 16.2 Å². The minimum Gasteiger partial charge on any atom is -0.388 e. The van der Waals surface area contributed by atoms with Crippen LogP contribution in [0.4, 0.5) is 0 Å². The summed E-state index contributed by atoms with van der Waals surface area (Å²) in [6, 6.07) is 13.3. The van der Waals surface area contributed by atoms with E-state index in [-0.39, 0.29) is 0 Å². The first kappa shape index (κ1) is 12.4. The molecule has 2 aromatic rings. The molecule has 1 atom stereocenters. The van der Waals surface area contributed by atoms with Gasteiger partial charge in [-0.1, -0.05) is 41.9 Å². The van der Waals surface area contributed by atoms with Crippen LogP contribution in [0.2, 0.25) is 5.02 Å². The van der Waals surface area contributed by atoms with Gasteiger partial charge in [-0.25, -0.2) is 4.98 Å². The molecule has 2 rings (SSSR count). The summed E-state index contributed by atoms with van der Waals surface area (Å²) >= 11 is 7.26. The highest BCUT2D eigenvalue weighted by Gasteiger charge is 2.07. The van der Waals surface area contributed by atoms with Crippen molar-refractivity contribution < 1.29 is 5.11 Å². The topological polar surface area (TPSA) is 33.1 Å². The number of aliphatic hydroxyl groups is 1. The molecule has 1 unspecified atom stereocenters. The third kappa shape index (κ3) is 3.73. The monoisotopic (exact) mass is 265 g/mol. The summed E-state index contributed by atoms with van der Waals surface area (Å²) in [5.41, 5.74) is 0.925. The number of pyridine rings is 1. The number of benzene rings is 1. The predicted octanol–water partition coefficient (Wildman–Crippen LogP) is 3.56. The highest BCUT2D eigenvalue weighted by Crippen LogP contribution is 2.23. The van der Waals surface area contributed by atoms with Crippen LogP contribution in [0, 0.1) is 0 Å². The van der Waals surface area contributed by atoms with Crippen LogP contribution < -0.4 is 0 Å². The summed E-state index contributed by atoms with van der Waals surface area (Å²) in [4.78, 5) is 4.16. The molecule has 0 bridgehead atoms. The van der Waals surface area contributed by atoms with Gasteiger partial charge in [-0.2, -0.15) is 0 Å². The molecule has 0 amide bonds. The molecule has 4 heteroatoms. The molecule has 88 valence electrons. The van der Waals surface area contributed by atoms with E-state index in [2.05, 4.69) is 4.98 Å². The van der Waals surface area contributed by atoms with Gasteiger partial charge in [-0.3, -0.25) is 0 Å². The Balaban J connectivity index is 1.92. The van der Waals surface area contributed by atoms with Crippen LogP contribution in [-0.2, 0) is 0 Å². The number of halogens is 1. The van der Waals surface area contributed by atoms with E-state index in [1.165, 1.54) is 11.8 Å². The normalized spacial score (nSPS) is 12.4. The Morgan fingerprint density at radius 2 is 1.94 bits per heavy atom. The lowest BCUT2D eigenvalue weighted by Crippen LogP contribution is -2.00. The first-order valence-corrected chi connectivity index (χ1v) is 6.59. The molecule has 17 heavy (non-hydrogen) atoms. The Morgan fingerprint density at radius 1 is 1.18 bits per heavy atom. The largest absolute Gasteiger partial charge is 0.388 e. The minimum absolute atomic E-state index is 0.473. The van der Waals surface area contributed by atoms with Crippen molar-refractivity contribution in [3.63, 3.8) is 0 Å². The highest BCUT2D eigenvalue weighted by molar-refractivity contribution is 7.99. The molecular formula is C13H12ClNOS. The lowest BCUT2D eigenvalue weighted by Gasteiger charge is -2.09. The zero-order valence-corrected chi connectivity index (χ0v) is 10.7. The molecule has 0 aliphatic rings. The standard InChI is InChI=1S/C13H12ClNOS/c14-11-6-7-13(15-8-11)17-9-12(16)10-4-2-1-3-5-10/h1-8,12,16H,9H2. The van der Waals surface area contributed by atoms with Crippen molar-refractivity contribution in [2.24, 2.45) is 0 Å². The Labute approximate surface area is 110 Å². The molecule has 0 saturated carbocycles. The van der Waals surface area contributed by atoms with Gasteiger partial charge < -0.3 is 5.11 Å². The fraction of sp³-hybridized carbons (Fsp3) is 0.154. The third-order valence-electron chi connectivity index (χ3n) is 2.27. The average molecular weight is 266 g/mol. The number of hydrogen-bond donors (Lipinski definition) is 1. The van der Waals surface area contributed by atoms with Crippen LogP contribution in [0.5, 0.6) is 0 Å². The Hall–Kier alpha value is -1.03. The number of thioether (sulfide) groups is 1. The summed E-state index contributed by atoms with van der Waals surface area (Å²) in [6.07, 6.45) is 1.14. The molecule has 0 radical (unpaired) electrons. The van der Waals surface area contributed by atoms with Crippen LogP contribution in [-0.4, -0.2) is 15.8 Å². The van der Waals surface area contributed by atoms with Crippen LogP contribution in [0.25, 0.3) is 0 Å². The van der Waals surface area contributed by atoms with Crippen molar-refractivity contribution in [2.45, 2.75) is 11.1 Å². The van der Waals surface area contributed by atoms with Gasteiger partial charge in [0.1, 0.15) is 0 Å². The molecule has 1 aromatic carbocycles. The lowest BCUT2D eigenvalue weighted by molar-refractivity contribution is 0.204. The number of rotatable bonds is 4. The average Bonchev–Trinajstić information content (AvgIpc) is 2.39. The van der Waals surface area contributed by atoms with E-state index in [4.69, 9.17) is 11.6 Å². The smallest absolute Gasteiger partial charge is 0.0961 e. The fourth-order valence-corrected chi connectivity index (χ4v) is 2.31. The fourth-order valence-electron chi connectivity index (χ4n) is 1.38. The van der Waals surface area contributed by atoms with Gasteiger partial charge >= 0.3 is 0 Å². The maximum Gasteiger partial charge on any atom is 0.0961 e. The molecule has 0 spiro atoms. The Bertz CT molecular complexity index is 461. The second-order valence-corrected chi connectivity index (χ2v) is 5.03. The number of aromatic nitrogens is 1. The molecule has 1 N–H and O–H groups in total. The van der Waals surface area contributed by atoms with Crippen molar-refractivity contribution in [1.82, 2.24) is 4.98 Å². The van der Waals surface area contributed by atoms with Crippen LogP contribution in [0.3, 0.4) is 0 Å². The molecule has 2 nitrogen and oxygen atoms in total. The second-order valence-electron chi connectivity index (χ2n) is 3.55. The van der Waals surface area contributed by atoms with E-state index in [1.807, 2.05) is 36.4 Å². The first-order valence-electron chi connectivity index (χ1n) is 5.23. The van der Waals surface area contributed by atoms with E-state index in [0.29, 0.717) is 10.8 Å². The molecule has 0 fully saturated rings. The van der Waals surface area contributed by atoms with Gasteiger partial charge in [-0.05, 0) is 17.7 Å². The van der Waals surface area contributed by atoms with Crippen molar-refractivity contribution >= 4 is 23.4 Å². The van der Waals surface area contributed by atoms with Crippen LogP contribution in [0.15, 0.2) is 53.7 Å². The van der Waals surface area contributed by atoms with Crippen molar-refractivity contribution in [1.29, 1.82) is 0 Å². The summed E-state index contributed by atoms with van der Waals surface area (Å²) in [5.74, 6) is 0.582. The minimum atomic E-state index is -0.473. The van der Waals surface area contributed by atoms with E-state index >= 15 is 0 Å². The number of hydrogen-bond acceptors (Lipinski definition) is 3.